The number of hydrogen-bond donors (Lipinski definition) is 0. The van der Waals surface area contributed by atoms with Crippen LogP contribution in [0.1, 0.15) is 25.8 Å². The normalized spacial score (nSPS) is 13.9. The Morgan fingerprint density at radius 3 is 2.60 bits per heavy atom. The summed E-state index contributed by atoms with van der Waals surface area (Å²) in [5.41, 5.74) is 0.552. The van der Waals surface area contributed by atoms with Crippen LogP contribution in [0.2, 0.25) is 0 Å². The molecular formula is C22H23F4N3O. The van der Waals surface area contributed by atoms with Gasteiger partial charge in [0.1, 0.15) is 11.6 Å². The van der Waals surface area contributed by atoms with E-state index >= 15 is 0 Å². The molecule has 8 heteroatoms. The highest BCUT2D eigenvalue weighted by atomic mass is 19.4. The van der Waals surface area contributed by atoms with Crippen LogP contribution in [0.5, 0.6) is 5.75 Å². The summed E-state index contributed by atoms with van der Waals surface area (Å²) < 4.78 is 62.2. The molecule has 3 aromatic rings. The minimum Gasteiger partial charge on any atom is -0.496 e. The molecule has 1 aromatic heterocycles. The van der Waals surface area contributed by atoms with Gasteiger partial charge >= 0.3 is 6.18 Å². The Hall–Kier alpha value is -2.90. The molecule has 0 aliphatic heterocycles. The number of halogens is 4. The van der Waals surface area contributed by atoms with Crippen LogP contribution in [0, 0.1) is 11.7 Å². The van der Waals surface area contributed by atoms with E-state index in [1.54, 1.807) is 43.9 Å². The zero-order chi connectivity index (χ0) is 22.1. The summed E-state index contributed by atoms with van der Waals surface area (Å²) in [5.74, 6) is -2.01. The predicted octanol–water partition coefficient (Wildman–Crippen LogP) is 5.97. The van der Waals surface area contributed by atoms with Crippen molar-refractivity contribution < 1.29 is 22.3 Å². The third-order valence-electron chi connectivity index (χ3n) is 5.20. The van der Waals surface area contributed by atoms with Crippen molar-refractivity contribution in [3.05, 3.63) is 54.0 Å². The number of ether oxygens (including phenoxy) is 1. The number of alkyl halides is 3. The van der Waals surface area contributed by atoms with Crippen LogP contribution in [0.4, 0.5) is 23.2 Å². The van der Waals surface area contributed by atoms with Crippen LogP contribution in [-0.4, -0.2) is 29.3 Å². The van der Waals surface area contributed by atoms with Crippen molar-refractivity contribution in [1.29, 1.82) is 0 Å². The number of methoxy groups -OCH3 is 1. The van der Waals surface area contributed by atoms with Gasteiger partial charge in [0.15, 0.2) is 0 Å². The van der Waals surface area contributed by atoms with Gasteiger partial charge in [0.05, 0.1) is 30.4 Å². The number of fused-ring (bicyclic) bond motifs is 1. The van der Waals surface area contributed by atoms with Crippen LogP contribution in [0.25, 0.3) is 10.9 Å². The van der Waals surface area contributed by atoms with Crippen molar-refractivity contribution in [3.8, 4) is 5.75 Å². The molecule has 1 unspecified atom stereocenters. The van der Waals surface area contributed by atoms with Crippen LogP contribution in [0.3, 0.4) is 0 Å². The van der Waals surface area contributed by atoms with Gasteiger partial charge in [0, 0.05) is 24.2 Å². The largest absolute Gasteiger partial charge is 0.496 e. The second kappa shape index (κ2) is 8.08. The first kappa shape index (κ1) is 21.8. The van der Waals surface area contributed by atoms with Crippen molar-refractivity contribution >= 4 is 22.8 Å². The van der Waals surface area contributed by atoms with Gasteiger partial charge < -0.3 is 4.74 Å². The van der Waals surface area contributed by atoms with Crippen molar-refractivity contribution in [3.63, 3.8) is 0 Å². The smallest absolute Gasteiger partial charge is 0.396 e. The number of rotatable bonds is 6. The molecule has 0 fully saturated rings. The van der Waals surface area contributed by atoms with E-state index in [4.69, 9.17) is 4.74 Å². The van der Waals surface area contributed by atoms with E-state index in [-0.39, 0.29) is 6.42 Å². The van der Waals surface area contributed by atoms with Gasteiger partial charge in [-0.3, -0.25) is 9.67 Å². The third-order valence-corrected chi connectivity index (χ3v) is 5.20. The first-order chi connectivity index (χ1) is 14.0. The van der Waals surface area contributed by atoms with Gasteiger partial charge in [-0.2, -0.15) is 18.3 Å². The maximum Gasteiger partial charge on any atom is 0.396 e. The van der Waals surface area contributed by atoms with E-state index in [2.05, 4.69) is 10.1 Å². The SMILES string of the molecule is COc1ccc(F)cc1C(C)(C)CC(C=Nc1cccc2c1cnn2C)C(F)(F)F. The highest BCUT2D eigenvalue weighted by Gasteiger charge is 2.42. The molecule has 4 nitrogen and oxygen atoms in total. The number of aliphatic imine (C=N–C) groups is 1. The molecule has 30 heavy (non-hydrogen) atoms. The van der Waals surface area contributed by atoms with E-state index in [0.29, 0.717) is 22.4 Å². The fourth-order valence-electron chi connectivity index (χ4n) is 3.57. The molecule has 0 aliphatic rings. The molecule has 0 spiro atoms. The zero-order valence-corrected chi connectivity index (χ0v) is 17.2. The zero-order valence-electron chi connectivity index (χ0n) is 17.2. The van der Waals surface area contributed by atoms with E-state index in [9.17, 15) is 17.6 Å². The first-order valence-corrected chi connectivity index (χ1v) is 9.38. The lowest BCUT2D eigenvalue weighted by Gasteiger charge is -2.31. The monoisotopic (exact) mass is 421 g/mol. The maximum atomic E-state index is 13.8. The quantitative estimate of drug-likeness (QED) is 0.363. The molecule has 0 amide bonds. The van der Waals surface area contributed by atoms with Gasteiger partial charge in [-0.25, -0.2) is 4.39 Å². The first-order valence-electron chi connectivity index (χ1n) is 9.38. The molecule has 2 aromatic carbocycles. The third kappa shape index (κ3) is 4.47. The topological polar surface area (TPSA) is 39.4 Å². The molecule has 1 atom stereocenters. The summed E-state index contributed by atoms with van der Waals surface area (Å²) in [4.78, 5) is 4.15. The average Bonchev–Trinajstić information content (AvgIpc) is 3.06. The Balaban J connectivity index is 1.95. The van der Waals surface area contributed by atoms with E-state index in [1.807, 2.05) is 6.07 Å². The summed E-state index contributed by atoms with van der Waals surface area (Å²) >= 11 is 0. The Kier molecular flexibility index (Phi) is 5.87. The molecule has 0 bridgehead atoms. The summed E-state index contributed by atoms with van der Waals surface area (Å²) in [6, 6.07) is 9.05. The number of nitrogens with zero attached hydrogens (tertiary/aromatic N) is 3. The summed E-state index contributed by atoms with van der Waals surface area (Å²) in [6.07, 6.45) is -2.32. The van der Waals surface area contributed by atoms with E-state index in [1.165, 1.54) is 25.3 Å². The second-order valence-electron chi connectivity index (χ2n) is 7.84. The predicted molar refractivity (Wildman–Crippen MR) is 109 cm³/mol. The minimum atomic E-state index is -4.51. The summed E-state index contributed by atoms with van der Waals surface area (Å²) in [6.45, 7) is 3.28. The van der Waals surface area contributed by atoms with Crippen LogP contribution in [-0.2, 0) is 12.5 Å². The lowest BCUT2D eigenvalue weighted by molar-refractivity contribution is -0.158. The number of aromatic nitrogens is 2. The second-order valence-corrected chi connectivity index (χ2v) is 7.84. The van der Waals surface area contributed by atoms with Crippen LogP contribution >= 0.6 is 0 Å². The Bertz CT molecular complexity index is 1070. The van der Waals surface area contributed by atoms with Crippen LogP contribution < -0.4 is 4.74 Å². The Morgan fingerprint density at radius 2 is 1.93 bits per heavy atom. The maximum absolute atomic E-state index is 13.8. The lowest BCUT2D eigenvalue weighted by atomic mass is 9.76. The van der Waals surface area contributed by atoms with Crippen molar-refractivity contribution in [1.82, 2.24) is 9.78 Å². The number of hydrogen-bond acceptors (Lipinski definition) is 3. The van der Waals surface area contributed by atoms with Gasteiger partial charge in [-0.15, -0.1) is 0 Å². The number of aryl methyl sites for hydroxylation is 1. The van der Waals surface area contributed by atoms with E-state index < -0.39 is 23.3 Å². The van der Waals surface area contributed by atoms with Crippen molar-refractivity contribution in [2.75, 3.05) is 7.11 Å². The highest BCUT2D eigenvalue weighted by Crippen LogP contribution is 2.41. The molecule has 0 radical (unpaired) electrons. The highest BCUT2D eigenvalue weighted by molar-refractivity contribution is 5.91. The van der Waals surface area contributed by atoms with Gasteiger partial charge in [-0.1, -0.05) is 19.9 Å². The van der Waals surface area contributed by atoms with Crippen LogP contribution in [0.15, 0.2) is 47.6 Å². The van der Waals surface area contributed by atoms with E-state index in [0.717, 1.165) is 11.7 Å². The molecule has 0 saturated carbocycles. The van der Waals surface area contributed by atoms with Crippen molar-refractivity contribution in [2.45, 2.75) is 31.9 Å². The molecular weight excluding hydrogens is 398 g/mol. The Morgan fingerprint density at radius 1 is 1.20 bits per heavy atom. The van der Waals surface area contributed by atoms with Gasteiger partial charge in [0.2, 0.25) is 0 Å². The fourth-order valence-corrected chi connectivity index (χ4v) is 3.57. The molecule has 0 N–H and O–H groups in total. The average molecular weight is 421 g/mol. The molecule has 0 aliphatic carbocycles. The van der Waals surface area contributed by atoms with Gasteiger partial charge in [-0.05, 0) is 42.2 Å². The minimum absolute atomic E-state index is 0.317. The summed E-state index contributed by atoms with van der Waals surface area (Å²) in [7, 11) is 3.16. The molecule has 3 rings (SSSR count). The number of benzene rings is 2. The van der Waals surface area contributed by atoms with Crippen molar-refractivity contribution in [2.24, 2.45) is 18.0 Å². The summed E-state index contributed by atoms with van der Waals surface area (Å²) in [5, 5.41) is 4.80. The standard InChI is InChI=1S/C22H23F4N3O/c1-21(2,17-10-15(23)8-9-20(17)30-4)11-14(22(24,25)26)12-27-18-6-5-7-19-16(18)13-28-29(19)3/h5-10,12-14H,11H2,1-4H3. The molecule has 160 valence electrons. The Labute approximate surface area is 172 Å². The fraction of sp³-hybridized carbons (Fsp3) is 0.364. The van der Waals surface area contributed by atoms with Gasteiger partial charge in [0.25, 0.3) is 0 Å². The molecule has 0 saturated heterocycles. The molecule has 1 heterocycles. The lowest BCUT2D eigenvalue weighted by Crippen LogP contribution is -2.32.